The first kappa shape index (κ1) is 12.2. The van der Waals surface area contributed by atoms with Crippen LogP contribution in [0.1, 0.15) is 16.1 Å². The smallest absolute Gasteiger partial charge is 0.174 e. The minimum Gasteiger partial charge on any atom is -0.383 e. The zero-order valence-corrected chi connectivity index (χ0v) is 10.5. The second kappa shape index (κ2) is 5.40. The molecule has 1 aromatic heterocycles. The molecule has 90 valence electrons. The lowest BCUT2D eigenvalue weighted by Crippen LogP contribution is -2.28. The molecule has 0 aliphatic rings. The van der Waals surface area contributed by atoms with Crippen molar-refractivity contribution in [1.82, 2.24) is 0 Å². The summed E-state index contributed by atoms with van der Waals surface area (Å²) in [6.07, 6.45) is 0.334. The van der Waals surface area contributed by atoms with Crippen LogP contribution < -0.4 is 5.73 Å². The predicted octanol–water partition coefficient (Wildman–Crippen LogP) is 2.45. The summed E-state index contributed by atoms with van der Waals surface area (Å²) in [5.74, 6) is 0.0933. The lowest BCUT2D eigenvalue weighted by molar-refractivity contribution is 0.0953. The third-order valence-electron chi connectivity index (χ3n) is 2.53. The van der Waals surface area contributed by atoms with Gasteiger partial charge in [-0.05, 0) is 17.5 Å². The fourth-order valence-corrected chi connectivity index (χ4v) is 2.74. The topological polar surface area (TPSA) is 52.3 Å². The summed E-state index contributed by atoms with van der Waals surface area (Å²) >= 11 is 1.52. The van der Waals surface area contributed by atoms with Gasteiger partial charge in [-0.3, -0.25) is 4.79 Å². The quantitative estimate of drug-likeness (QED) is 0.828. The van der Waals surface area contributed by atoms with Gasteiger partial charge in [0.15, 0.2) is 5.78 Å². The average Bonchev–Trinajstić information content (AvgIpc) is 2.72. The lowest BCUT2D eigenvalue weighted by atomic mass is 10.1. The van der Waals surface area contributed by atoms with Crippen molar-refractivity contribution in [1.29, 1.82) is 0 Å². The van der Waals surface area contributed by atoms with Gasteiger partial charge in [-0.1, -0.05) is 18.2 Å². The average molecular weight is 249 g/mol. The Labute approximate surface area is 104 Å². The number of carbonyl (C=O) groups is 1. The highest BCUT2D eigenvalue weighted by atomic mass is 32.1. The largest absolute Gasteiger partial charge is 0.383 e. The van der Waals surface area contributed by atoms with Gasteiger partial charge in [0.25, 0.3) is 0 Å². The molecule has 17 heavy (non-hydrogen) atoms. The van der Waals surface area contributed by atoms with E-state index in [1.165, 1.54) is 11.3 Å². The number of nitrogens with two attached hydrogens (primary N) is 1. The first-order valence-electron chi connectivity index (χ1n) is 5.47. The maximum Gasteiger partial charge on any atom is 0.174 e. The van der Waals surface area contributed by atoms with E-state index in [2.05, 4.69) is 0 Å². The Hall–Kier alpha value is -1.23. The van der Waals surface area contributed by atoms with Gasteiger partial charge in [-0.25, -0.2) is 0 Å². The number of hydrogen-bond acceptors (Lipinski definition) is 4. The Morgan fingerprint density at radius 3 is 2.94 bits per heavy atom. The maximum atomic E-state index is 12.0. The molecule has 0 spiro atoms. The van der Waals surface area contributed by atoms with E-state index in [0.29, 0.717) is 13.0 Å². The summed E-state index contributed by atoms with van der Waals surface area (Å²) in [7, 11) is 1.59. The molecule has 0 aliphatic heterocycles. The van der Waals surface area contributed by atoms with Gasteiger partial charge in [-0.2, -0.15) is 0 Å². The van der Waals surface area contributed by atoms with Crippen LogP contribution in [0.3, 0.4) is 0 Å². The Balaban J connectivity index is 2.13. The van der Waals surface area contributed by atoms with Crippen LogP contribution in [-0.4, -0.2) is 25.5 Å². The highest BCUT2D eigenvalue weighted by Gasteiger charge is 2.14. The van der Waals surface area contributed by atoms with Crippen LogP contribution in [-0.2, 0) is 4.74 Å². The van der Waals surface area contributed by atoms with Crippen molar-refractivity contribution < 1.29 is 9.53 Å². The van der Waals surface area contributed by atoms with Crippen molar-refractivity contribution in [3.05, 3.63) is 35.2 Å². The van der Waals surface area contributed by atoms with E-state index in [4.69, 9.17) is 10.5 Å². The first-order chi connectivity index (χ1) is 8.20. The maximum absolute atomic E-state index is 12.0. The molecule has 3 nitrogen and oxygen atoms in total. The van der Waals surface area contributed by atoms with E-state index < -0.39 is 0 Å². The van der Waals surface area contributed by atoms with Gasteiger partial charge < -0.3 is 10.5 Å². The number of ether oxygens (including phenoxy) is 1. The molecule has 0 saturated heterocycles. The molecule has 2 aromatic rings. The highest BCUT2D eigenvalue weighted by Crippen LogP contribution is 2.26. The second-order valence-electron chi connectivity index (χ2n) is 3.99. The SMILES string of the molecule is COCC(N)CC(=O)c1cc2ccccc2s1. The second-order valence-corrected chi connectivity index (χ2v) is 5.07. The lowest BCUT2D eigenvalue weighted by Gasteiger charge is -2.07. The number of carbonyl (C=O) groups excluding carboxylic acids is 1. The number of Topliss-reactive ketones (excluding diaryl/α,β-unsaturated/α-hetero) is 1. The standard InChI is InChI=1S/C13H15NO2S/c1-16-8-10(14)7-11(15)13-6-9-4-2-3-5-12(9)17-13/h2-6,10H,7-8,14H2,1H3. The molecule has 2 N–H and O–H groups in total. The summed E-state index contributed by atoms with van der Waals surface area (Å²) < 4.78 is 6.06. The Kier molecular flexibility index (Phi) is 3.89. The van der Waals surface area contributed by atoms with E-state index in [9.17, 15) is 4.79 Å². The summed E-state index contributed by atoms with van der Waals surface area (Å²) in [5, 5.41) is 1.11. The zero-order chi connectivity index (χ0) is 12.3. The van der Waals surface area contributed by atoms with Crippen molar-refractivity contribution in [2.45, 2.75) is 12.5 Å². The van der Waals surface area contributed by atoms with E-state index >= 15 is 0 Å². The van der Waals surface area contributed by atoms with Gasteiger partial charge in [0.05, 0.1) is 11.5 Å². The van der Waals surface area contributed by atoms with Crippen molar-refractivity contribution in [2.75, 3.05) is 13.7 Å². The summed E-state index contributed by atoms with van der Waals surface area (Å²) in [4.78, 5) is 12.8. The third kappa shape index (κ3) is 2.91. The van der Waals surface area contributed by atoms with E-state index in [1.54, 1.807) is 7.11 Å². The number of fused-ring (bicyclic) bond motifs is 1. The third-order valence-corrected chi connectivity index (χ3v) is 3.69. The molecular formula is C13H15NO2S. The molecule has 0 fully saturated rings. The minimum atomic E-state index is -0.224. The van der Waals surface area contributed by atoms with Crippen molar-refractivity contribution in [3.63, 3.8) is 0 Å². The Bertz CT molecular complexity index is 488. The summed E-state index contributed by atoms with van der Waals surface area (Å²) in [6, 6.07) is 9.69. The van der Waals surface area contributed by atoms with Gasteiger partial charge in [0.1, 0.15) is 0 Å². The van der Waals surface area contributed by atoms with Crippen molar-refractivity contribution in [2.24, 2.45) is 5.73 Å². The van der Waals surface area contributed by atoms with Gasteiger partial charge in [0.2, 0.25) is 0 Å². The molecule has 0 saturated carbocycles. The predicted molar refractivity (Wildman–Crippen MR) is 70.6 cm³/mol. The zero-order valence-electron chi connectivity index (χ0n) is 9.68. The Morgan fingerprint density at radius 2 is 2.24 bits per heavy atom. The summed E-state index contributed by atoms with van der Waals surface area (Å²) in [5.41, 5.74) is 5.78. The van der Waals surface area contributed by atoms with Crippen LogP contribution in [0.4, 0.5) is 0 Å². The monoisotopic (exact) mass is 249 g/mol. The van der Waals surface area contributed by atoms with E-state index in [-0.39, 0.29) is 11.8 Å². The molecule has 1 atom stereocenters. The van der Waals surface area contributed by atoms with Crippen LogP contribution in [0.15, 0.2) is 30.3 Å². The van der Waals surface area contributed by atoms with Crippen LogP contribution >= 0.6 is 11.3 Å². The number of hydrogen-bond donors (Lipinski definition) is 1. The van der Waals surface area contributed by atoms with Gasteiger partial charge in [0, 0.05) is 24.3 Å². The van der Waals surface area contributed by atoms with E-state index in [1.807, 2.05) is 30.3 Å². The van der Waals surface area contributed by atoms with Gasteiger partial charge in [-0.15, -0.1) is 11.3 Å². The molecule has 1 unspecified atom stereocenters. The molecule has 1 heterocycles. The molecule has 0 aliphatic carbocycles. The molecule has 1 aromatic carbocycles. The summed E-state index contributed by atoms with van der Waals surface area (Å²) in [6.45, 7) is 0.413. The van der Waals surface area contributed by atoms with Crippen LogP contribution in [0.5, 0.6) is 0 Å². The van der Waals surface area contributed by atoms with Crippen molar-refractivity contribution >= 4 is 27.2 Å². The molecule has 0 bridgehead atoms. The fraction of sp³-hybridized carbons (Fsp3) is 0.308. The first-order valence-corrected chi connectivity index (χ1v) is 6.28. The molecular weight excluding hydrogens is 234 g/mol. The molecule has 0 radical (unpaired) electrons. The fourth-order valence-electron chi connectivity index (χ4n) is 1.73. The van der Waals surface area contributed by atoms with Crippen LogP contribution in [0, 0.1) is 0 Å². The molecule has 0 amide bonds. The molecule has 2 rings (SSSR count). The number of ketones is 1. The normalized spacial score (nSPS) is 12.8. The minimum absolute atomic E-state index is 0.0933. The number of rotatable bonds is 5. The Morgan fingerprint density at radius 1 is 1.47 bits per heavy atom. The number of benzene rings is 1. The number of thiophene rings is 1. The van der Waals surface area contributed by atoms with Crippen molar-refractivity contribution in [3.8, 4) is 0 Å². The van der Waals surface area contributed by atoms with Gasteiger partial charge >= 0.3 is 0 Å². The number of methoxy groups -OCH3 is 1. The highest BCUT2D eigenvalue weighted by molar-refractivity contribution is 7.20. The van der Waals surface area contributed by atoms with Crippen LogP contribution in [0.25, 0.3) is 10.1 Å². The van der Waals surface area contributed by atoms with E-state index in [0.717, 1.165) is 15.0 Å². The van der Waals surface area contributed by atoms with Crippen LogP contribution in [0.2, 0.25) is 0 Å². The molecule has 4 heteroatoms.